The molecule has 0 aliphatic heterocycles. The lowest BCUT2D eigenvalue weighted by Crippen LogP contribution is -2.34. The van der Waals surface area contributed by atoms with Crippen molar-refractivity contribution in [1.82, 2.24) is 10.6 Å². The first-order valence-corrected chi connectivity index (χ1v) is 6.20. The van der Waals surface area contributed by atoms with Crippen LogP contribution < -0.4 is 10.6 Å². The smallest absolute Gasteiger partial charge is 0.224 e. The number of amides is 2. The second kappa shape index (κ2) is 7.24. The van der Waals surface area contributed by atoms with Crippen LogP contribution in [0.25, 0.3) is 0 Å². The van der Waals surface area contributed by atoms with Gasteiger partial charge in [0.2, 0.25) is 11.8 Å². The quantitative estimate of drug-likeness (QED) is 0.812. The number of nitrogens with one attached hydrogen (secondary N) is 2. The van der Waals surface area contributed by atoms with Crippen LogP contribution in [-0.4, -0.2) is 24.9 Å². The van der Waals surface area contributed by atoms with Crippen LogP contribution in [0, 0.1) is 0 Å². The Labute approximate surface area is 116 Å². The van der Waals surface area contributed by atoms with Crippen LogP contribution in [0.5, 0.6) is 0 Å². The van der Waals surface area contributed by atoms with E-state index in [1.807, 2.05) is 0 Å². The summed E-state index contributed by atoms with van der Waals surface area (Å²) in [5.41, 5.74) is 0.609. The Balaban J connectivity index is 2.43. The van der Waals surface area contributed by atoms with Gasteiger partial charge in [0.05, 0.1) is 6.42 Å². The van der Waals surface area contributed by atoms with E-state index in [0.717, 1.165) is 0 Å². The van der Waals surface area contributed by atoms with Crippen LogP contribution in [-0.2, 0) is 16.0 Å². The standard InChI is InChI=1S/C12H14Cl2N2O2/c1-8(17)15-5-6-16-12(18)7-9-10(13)3-2-4-11(9)14/h2-4H,5-7H2,1H3,(H,15,17)(H,16,18). The molecule has 18 heavy (non-hydrogen) atoms. The van der Waals surface area contributed by atoms with Crippen molar-refractivity contribution in [2.45, 2.75) is 13.3 Å². The molecule has 0 aliphatic carbocycles. The summed E-state index contributed by atoms with van der Waals surface area (Å²) < 4.78 is 0. The molecule has 2 amide bonds. The van der Waals surface area contributed by atoms with Crippen molar-refractivity contribution in [3.8, 4) is 0 Å². The van der Waals surface area contributed by atoms with Gasteiger partial charge in [0.1, 0.15) is 0 Å². The maximum absolute atomic E-state index is 11.6. The number of benzene rings is 1. The third-order valence-corrected chi connectivity index (χ3v) is 2.93. The lowest BCUT2D eigenvalue weighted by Gasteiger charge is -2.08. The molecule has 98 valence electrons. The Morgan fingerprint density at radius 3 is 2.22 bits per heavy atom. The van der Waals surface area contributed by atoms with E-state index in [2.05, 4.69) is 10.6 Å². The molecule has 0 saturated heterocycles. The number of halogens is 2. The number of rotatable bonds is 5. The Hall–Kier alpha value is -1.26. The molecule has 0 spiro atoms. The molecule has 0 aromatic heterocycles. The zero-order valence-corrected chi connectivity index (χ0v) is 11.4. The number of hydrogen-bond donors (Lipinski definition) is 2. The molecule has 1 aromatic carbocycles. The normalized spacial score (nSPS) is 9.94. The monoisotopic (exact) mass is 288 g/mol. The molecule has 0 heterocycles. The predicted octanol–water partition coefficient (Wildman–Crippen LogP) is 1.79. The summed E-state index contributed by atoms with van der Waals surface area (Å²) >= 11 is 11.9. The summed E-state index contributed by atoms with van der Waals surface area (Å²) in [7, 11) is 0. The van der Waals surface area contributed by atoms with E-state index in [9.17, 15) is 9.59 Å². The summed E-state index contributed by atoms with van der Waals surface area (Å²) in [6.07, 6.45) is 0.124. The lowest BCUT2D eigenvalue weighted by molar-refractivity contribution is -0.121. The first kappa shape index (κ1) is 14.8. The molecule has 0 fully saturated rings. The molecule has 0 atom stereocenters. The highest BCUT2D eigenvalue weighted by Crippen LogP contribution is 2.24. The van der Waals surface area contributed by atoms with Crippen molar-refractivity contribution in [2.24, 2.45) is 0 Å². The fourth-order valence-corrected chi connectivity index (χ4v) is 1.90. The van der Waals surface area contributed by atoms with Gasteiger partial charge in [-0.3, -0.25) is 9.59 Å². The van der Waals surface area contributed by atoms with Gasteiger partial charge in [-0.2, -0.15) is 0 Å². The maximum atomic E-state index is 11.6. The van der Waals surface area contributed by atoms with Crippen molar-refractivity contribution >= 4 is 35.0 Å². The Morgan fingerprint density at radius 2 is 1.67 bits per heavy atom. The van der Waals surface area contributed by atoms with Crippen LogP contribution in [0.2, 0.25) is 10.0 Å². The van der Waals surface area contributed by atoms with Crippen molar-refractivity contribution < 1.29 is 9.59 Å². The highest BCUT2D eigenvalue weighted by molar-refractivity contribution is 6.36. The molecular weight excluding hydrogens is 275 g/mol. The van der Waals surface area contributed by atoms with E-state index in [-0.39, 0.29) is 18.2 Å². The highest BCUT2D eigenvalue weighted by Gasteiger charge is 2.10. The summed E-state index contributed by atoms with van der Waals surface area (Å²) in [5, 5.41) is 6.20. The maximum Gasteiger partial charge on any atom is 0.224 e. The molecule has 6 heteroatoms. The van der Waals surface area contributed by atoms with Crippen molar-refractivity contribution in [3.63, 3.8) is 0 Å². The van der Waals surface area contributed by atoms with E-state index in [4.69, 9.17) is 23.2 Å². The summed E-state index contributed by atoms with van der Waals surface area (Å²) in [5.74, 6) is -0.311. The van der Waals surface area contributed by atoms with Crippen LogP contribution in [0.4, 0.5) is 0 Å². The molecule has 0 aliphatic rings. The molecule has 0 bridgehead atoms. The molecule has 0 radical (unpaired) electrons. The van der Waals surface area contributed by atoms with Crippen LogP contribution in [0.15, 0.2) is 18.2 Å². The highest BCUT2D eigenvalue weighted by atomic mass is 35.5. The van der Waals surface area contributed by atoms with E-state index < -0.39 is 0 Å². The van der Waals surface area contributed by atoms with E-state index in [1.54, 1.807) is 18.2 Å². The fraction of sp³-hybridized carbons (Fsp3) is 0.333. The van der Waals surface area contributed by atoms with Crippen LogP contribution in [0.1, 0.15) is 12.5 Å². The number of carbonyl (C=O) groups excluding carboxylic acids is 2. The van der Waals surface area contributed by atoms with Gasteiger partial charge < -0.3 is 10.6 Å². The first-order valence-electron chi connectivity index (χ1n) is 5.44. The van der Waals surface area contributed by atoms with Crippen molar-refractivity contribution in [3.05, 3.63) is 33.8 Å². The minimum atomic E-state index is -0.185. The average molecular weight is 289 g/mol. The van der Waals surface area contributed by atoms with Crippen molar-refractivity contribution in [2.75, 3.05) is 13.1 Å². The predicted molar refractivity (Wildman–Crippen MR) is 71.9 cm³/mol. The molecule has 0 saturated carbocycles. The van der Waals surface area contributed by atoms with Gasteiger partial charge in [0, 0.05) is 30.1 Å². The summed E-state index contributed by atoms with van der Waals surface area (Å²) in [6.45, 7) is 2.20. The zero-order valence-electron chi connectivity index (χ0n) is 9.93. The molecule has 0 unspecified atom stereocenters. The summed E-state index contributed by atoms with van der Waals surface area (Å²) in [4.78, 5) is 22.2. The molecule has 1 rings (SSSR count). The average Bonchev–Trinajstić information content (AvgIpc) is 2.29. The minimum Gasteiger partial charge on any atom is -0.355 e. The minimum absolute atomic E-state index is 0.124. The number of hydrogen-bond acceptors (Lipinski definition) is 2. The van der Waals surface area contributed by atoms with Gasteiger partial charge in [0.15, 0.2) is 0 Å². The molecule has 2 N–H and O–H groups in total. The Bertz CT molecular complexity index is 429. The largest absolute Gasteiger partial charge is 0.355 e. The zero-order chi connectivity index (χ0) is 13.5. The van der Waals surface area contributed by atoms with Gasteiger partial charge in [-0.15, -0.1) is 0 Å². The molecule has 1 aromatic rings. The summed E-state index contributed by atoms with van der Waals surface area (Å²) in [6, 6.07) is 5.10. The van der Waals surface area contributed by atoms with Gasteiger partial charge >= 0.3 is 0 Å². The second-order valence-corrected chi connectivity index (χ2v) is 4.52. The van der Waals surface area contributed by atoms with Gasteiger partial charge in [-0.1, -0.05) is 29.3 Å². The van der Waals surface area contributed by atoms with Gasteiger partial charge in [0.25, 0.3) is 0 Å². The topological polar surface area (TPSA) is 58.2 Å². The first-order chi connectivity index (χ1) is 8.50. The van der Waals surface area contributed by atoms with Crippen LogP contribution >= 0.6 is 23.2 Å². The molecular formula is C12H14Cl2N2O2. The van der Waals surface area contributed by atoms with E-state index >= 15 is 0 Å². The lowest BCUT2D eigenvalue weighted by atomic mass is 10.1. The van der Waals surface area contributed by atoms with Crippen molar-refractivity contribution in [1.29, 1.82) is 0 Å². The second-order valence-electron chi connectivity index (χ2n) is 3.71. The van der Waals surface area contributed by atoms with E-state index in [0.29, 0.717) is 28.7 Å². The fourth-order valence-electron chi connectivity index (χ4n) is 1.36. The Morgan fingerprint density at radius 1 is 1.11 bits per heavy atom. The van der Waals surface area contributed by atoms with Gasteiger partial charge in [-0.05, 0) is 17.7 Å². The van der Waals surface area contributed by atoms with Gasteiger partial charge in [-0.25, -0.2) is 0 Å². The third kappa shape index (κ3) is 4.94. The SMILES string of the molecule is CC(=O)NCCNC(=O)Cc1c(Cl)cccc1Cl. The number of carbonyl (C=O) groups is 2. The van der Waals surface area contributed by atoms with Crippen LogP contribution in [0.3, 0.4) is 0 Å². The third-order valence-electron chi connectivity index (χ3n) is 2.22. The molecule has 4 nitrogen and oxygen atoms in total. The Kier molecular flexibility index (Phi) is 5.95. The van der Waals surface area contributed by atoms with E-state index in [1.165, 1.54) is 6.92 Å².